The molecule has 2 atom stereocenters. The van der Waals surface area contributed by atoms with Crippen molar-refractivity contribution in [2.45, 2.75) is 25.4 Å². The Kier molecular flexibility index (Phi) is 2.00. The topological polar surface area (TPSA) is 49.8 Å². The Hall–Kier alpha value is -0.670. The number of hydrogen-bond donors (Lipinski definition) is 1. The lowest BCUT2D eigenvalue weighted by molar-refractivity contribution is -0.117. The highest BCUT2D eigenvalue weighted by molar-refractivity contribution is 5.95. The monoisotopic (exact) mass is 182 g/mol. The normalized spacial score (nSPS) is 38.8. The Balaban J connectivity index is 2.09. The smallest absolute Gasteiger partial charge is 0.158 e. The summed E-state index contributed by atoms with van der Waals surface area (Å²) >= 11 is 0. The second-order valence-corrected chi connectivity index (χ2v) is 3.96. The largest absolute Gasteiger partial charge is 0.393 e. The van der Waals surface area contributed by atoms with Crippen molar-refractivity contribution < 1.29 is 14.6 Å². The Bertz CT molecular complexity index is 263. The number of rotatable bonds is 2. The molecule has 0 radical (unpaired) electrons. The number of carbonyl (C=O) groups is 1. The van der Waals surface area contributed by atoms with Gasteiger partial charge in [-0.05, 0) is 18.9 Å². The summed E-state index contributed by atoms with van der Waals surface area (Å²) in [5.41, 5.74) is 0.470. The van der Waals surface area contributed by atoms with Crippen LogP contribution >= 0.6 is 0 Å². The number of ketones is 1. The van der Waals surface area contributed by atoms with Crippen LogP contribution in [-0.4, -0.2) is 29.7 Å². The van der Waals surface area contributed by atoms with Crippen LogP contribution in [-0.2, 0) is 9.53 Å². The van der Waals surface area contributed by atoms with Crippen molar-refractivity contribution in [1.29, 1.82) is 0 Å². The zero-order valence-corrected chi connectivity index (χ0v) is 7.75. The van der Waals surface area contributed by atoms with Crippen LogP contribution in [0.15, 0.2) is 11.6 Å². The minimum atomic E-state index is -0.382. The number of epoxide rings is 1. The molecule has 0 amide bonds. The molecule has 1 aliphatic heterocycles. The molecule has 0 aromatic carbocycles. The molecule has 1 heterocycles. The fourth-order valence-corrected chi connectivity index (χ4v) is 1.85. The minimum Gasteiger partial charge on any atom is -0.393 e. The lowest BCUT2D eigenvalue weighted by atomic mass is 9.81. The van der Waals surface area contributed by atoms with E-state index in [1.54, 1.807) is 0 Å². The van der Waals surface area contributed by atoms with E-state index >= 15 is 0 Å². The van der Waals surface area contributed by atoms with E-state index in [4.69, 9.17) is 9.84 Å². The molecular weight excluding hydrogens is 168 g/mol. The zero-order chi connectivity index (χ0) is 9.47. The van der Waals surface area contributed by atoms with Gasteiger partial charge in [0.15, 0.2) is 5.78 Å². The van der Waals surface area contributed by atoms with Gasteiger partial charge in [-0.3, -0.25) is 4.79 Å². The summed E-state index contributed by atoms with van der Waals surface area (Å²) in [4.78, 5) is 11.4. The average molecular weight is 182 g/mol. The van der Waals surface area contributed by atoms with Crippen LogP contribution in [0.25, 0.3) is 0 Å². The van der Waals surface area contributed by atoms with Gasteiger partial charge >= 0.3 is 0 Å². The SMILES string of the molecule is CC1=CC[C@@H](C2(CO)CO2)CC1=O. The van der Waals surface area contributed by atoms with Crippen LogP contribution in [0.5, 0.6) is 0 Å². The van der Waals surface area contributed by atoms with Gasteiger partial charge in [-0.25, -0.2) is 0 Å². The number of Topliss-reactive ketones (excluding diaryl/α,β-unsaturated/α-hetero) is 1. The van der Waals surface area contributed by atoms with Crippen LogP contribution in [0.1, 0.15) is 19.8 Å². The van der Waals surface area contributed by atoms with Gasteiger partial charge in [0, 0.05) is 12.3 Å². The number of carbonyl (C=O) groups excluding carboxylic acids is 1. The van der Waals surface area contributed by atoms with Crippen molar-refractivity contribution in [2.75, 3.05) is 13.2 Å². The number of allylic oxidation sites excluding steroid dienone is 2. The summed E-state index contributed by atoms with van der Waals surface area (Å²) in [6, 6.07) is 0. The first-order valence-electron chi connectivity index (χ1n) is 4.63. The Labute approximate surface area is 77.4 Å². The molecule has 3 nitrogen and oxygen atoms in total. The lowest BCUT2D eigenvalue weighted by Crippen LogP contribution is -2.32. The Morgan fingerprint density at radius 2 is 2.46 bits per heavy atom. The number of aliphatic hydroxyl groups excluding tert-OH is 1. The molecule has 0 bridgehead atoms. The van der Waals surface area contributed by atoms with Crippen LogP contribution in [0, 0.1) is 5.92 Å². The van der Waals surface area contributed by atoms with Crippen LogP contribution < -0.4 is 0 Å². The third-order valence-electron chi connectivity index (χ3n) is 3.11. The fraction of sp³-hybridized carbons (Fsp3) is 0.700. The Morgan fingerprint density at radius 1 is 1.77 bits per heavy atom. The van der Waals surface area contributed by atoms with Gasteiger partial charge in [0.25, 0.3) is 0 Å². The van der Waals surface area contributed by atoms with Crippen molar-refractivity contribution in [3.05, 3.63) is 11.6 Å². The molecule has 13 heavy (non-hydrogen) atoms. The number of ether oxygens (including phenoxy) is 1. The van der Waals surface area contributed by atoms with E-state index in [-0.39, 0.29) is 23.9 Å². The summed E-state index contributed by atoms with van der Waals surface area (Å²) in [6.07, 6.45) is 3.34. The molecule has 1 N–H and O–H groups in total. The first-order valence-corrected chi connectivity index (χ1v) is 4.63. The summed E-state index contributed by atoms with van der Waals surface area (Å²) in [5, 5.41) is 9.10. The number of hydrogen-bond acceptors (Lipinski definition) is 3. The maximum atomic E-state index is 11.4. The molecule has 72 valence electrons. The number of aliphatic hydroxyl groups is 1. The minimum absolute atomic E-state index is 0.0395. The van der Waals surface area contributed by atoms with E-state index < -0.39 is 0 Å². The van der Waals surface area contributed by atoms with E-state index in [1.165, 1.54) is 0 Å². The maximum absolute atomic E-state index is 11.4. The van der Waals surface area contributed by atoms with Gasteiger partial charge < -0.3 is 9.84 Å². The molecule has 1 saturated heterocycles. The summed E-state index contributed by atoms with van der Waals surface area (Å²) in [5.74, 6) is 0.383. The molecule has 0 aromatic rings. The van der Waals surface area contributed by atoms with E-state index in [2.05, 4.69) is 0 Å². The van der Waals surface area contributed by atoms with Crippen molar-refractivity contribution in [3.63, 3.8) is 0 Å². The molecule has 0 aromatic heterocycles. The average Bonchev–Trinajstić information content (AvgIpc) is 2.90. The molecule has 1 aliphatic carbocycles. The van der Waals surface area contributed by atoms with Crippen molar-refractivity contribution >= 4 is 5.78 Å². The lowest BCUT2D eigenvalue weighted by Gasteiger charge is -2.24. The van der Waals surface area contributed by atoms with E-state index in [1.807, 2.05) is 13.0 Å². The van der Waals surface area contributed by atoms with Crippen LogP contribution in [0.4, 0.5) is 0 Å². The molecule has 1 unspecified atom stereocenters. The van der Waals surface area contributed by atoms with Gasteiger partial charge in [0.1, 0.15) is 5.60 Å². The van der Waals surface area contributed by atoms with Crippen LogP contribution in [0.3, 0.4) is 0 Å². The molecule has 0 saturated carbocycles. The van der Waals surface area contributed by atoms with E-state index in [0.29, 0.717) is 13.0 Å². The molecule has 2 aliphatic rings. The summed E-state index contributed by atoms with van der Waals surface area (Å²) in [6.45, 7) is 2.49. The predicted octanol–water partition coefficient (Wildman–Crippen LogP) is 0.673. The van der Waals surface area contributed by atoms with Gasteiger partial charge in [0.2, 0.25) is 0 Å². The fourth-order valence-electron chi connectivity index (χ4n) is 1.85. The highest BCUT2D eigenvalue weighted by Crippen LogP contribution is 2.41. The molecular formula is C10H14O3. The molecule has 0 spiro atoms. The summed E-state index contributed by atoms with van der Waals surface area (Å²) < 4.78 is 5.24. The van der Waals surface area contributed by atoms with Crippen molar-refractivity contribution in [1.82, 2.24) is 0 Å². The van der Waals surface area contributed by atoms with Gasteiger partial charge in [-0.15, -0.1) is 0 Å². The molecule has 3 heteroatoms. The van der Waals surface area contributed by atoms with Crippen molar-refractivity contribution in [2.24, 2.45) is 5.92 Å². The first kappa shape index (κ1) is 8.91. The molecule has 1 fully saturated rings. The quantitative estimate of drug-likeness (QED) is 0.639. The summed E-state index contributed by atoms with van der Waals surface area (Å²) in [7, 11) is 0. The van der Waals surface area contributed by atoms with Gasteiger partial charge in [0.05, 0.1) is 13.2 Å². The van der Waals surface area contributed by atoms with E-state index in [9.17, 15) is 4.79 Å². The standard InChI is InChI=1S/C10H14O3/c1-7-2-3-8(4-9(7)12)10(5-11)6-13-10/h2,8,11H,3-6H2,1H3/t8-,10?/m1/s1. The van der Waals surface area contributed by atoms with Gasteiger partial charge in [-0.1, -0.05) is 6.08 Å². The first-order chi connectivity index (χ1) is 6.18. The highest BCUT2D eigenvalue weighted by Gasteiger charge is 2.51. The zero-order valence-electron chi connectivity index (χ0n) is 7.75. The second kappa shape index (κ2) is 2.93. The second-order valence-electron chi connectivity index (χ2n) is 3.96. The van der Waals surface area contributed by atoms with Gasteiger partial charge in [-0.2, -0.15) is 0 Å². The molecule has 2 rings (SSSR count). The van der Waals surface area contributed by atoms with Crippen molar-refractivity contribution in [3.8, 4) is 0 Å². The van der Waals surface area contributed by atoms with E-state index in [0.717, 1.165) is 12.0 Å². The third kappa shape index (κ3) is 1.42. The predicted molar refractivity (Wildman–Crippen MR) is 47.3 cm³/mol. The highest BCUT2D eigenvalue weighted by atomic mass is 16.6. The van der Waals surface area contributed by atoms with Crippen LogP contribution in [0.2, 0.25) is 0 Å². The third-order valence-corrected chi connectivity index (χ3v) is 3.11. The Morgan fingerprint density at radius 3 is 2.92 bits per heavy atom. The maximum Gasteiger partial charge on any atom is 0.158 e.